The monoisotopic (exact) mass is 253 g/mol. The number of aromatic hydroxyl groups is 1. The lowest BCUT2D eigenvalue weighted by Gasteiger charge is -2.08. The first kappa shape index (κ1) is 11.6. The first-order chi connectivity index (χ1) is 8.06. The molecule has 1 heterocycles. The zero-order valence-corrected chi connectivity index (χ0v) is 9.66. The molecule has 0 aliphatic rings. The molecular weight excluding hydrogens is 245 g/mol. The molecule has 2 rings (SSSR count). The minimum atomic E-state index is -0.644. The first-order valence-electron chi connectivity index (χ1n) is 4.81. The van der Waals surface area contributed by atoms with Crippen LogP contribution in [0.15, 0.2) is 24.4 Å². The highest BCUT2D eigenvalue weighted by Crippen LogP contribution is 2.27. The number of anilines is 2. The second-order valence-electron chi connectivity index (χ2n) is 3.48. The predicted molar refractivity (Wildman–Crippen MR) is 63.1 cm³/mol. The van der Waals surface area contributed by atoms with Crippen molar-refractivity contribution < 1.29 is 9.50 Å². The van der Waals surface area contributed by atoms with Gasteiger partial charge in [-0.1, -0.05) is 6.07 Å². The minimum Gasteiger partial charge on any atom is -0.506 e. The Bertz CT molecular complexity index is 562. The highest BCUT2D eigenvalue weighted by atomic mass is 35.5. The topological polar surface area (TPSA) is 58.0 Å². The van der Waals surface area contributed by atoms with E-state index in [4.69, 9.17) is 11.6 Å². The van der Waals surface area contributed by atoms with Crippen molar-refractivity contribution in [1.82, 2.24) is 9.97 Å². The number of benzene rings is 1. The zero-order chi connectivity index (χ0) is 12.4. The molecule has 0 radical (unpaired) electrons. The van der Waals surface area contributed by atoms with E-state index in [-0.39, 0.29) is 16.9 Å². The minimum absolute atomic E-state index is 0.0131. The predicted octanol–water partition coefficient (Wildman–Crippen LogP) is 3.03. The molecule has 0 saturated heterocycles. The van der Waals surface area contributed by atoms with Crippen molar-refractivity contribution in [2.24, 2.45) is 0 Å². The molecule has 17 heavy (non-hydrogen) atoms. The van der Waals surface area contributed by atoms with Gasteiger partial charge >= 0.3 is 0 Å². The quantitative estimate of drug-likeness (QED) is 0.638. The van der Waals surface area contributed by atoms with Crippen molar-refractivity contribution in [2.45, 2.75) is 6.92 Å². The van der Waals surface area contributed by atoms with Gasteiger partial charge in [-0.05, 0) is 36.2 Å². The van der Waals surface area contributed by atoms with Gasteiger partial charge in [-0.2, -0.15) is 4.98 Å². The number of nitrogens with one attached hydrogen (secondary N) is 1. The molecule has 0 saturated carbocycles. The van der Waals surface area contributed by atoms with E-state index in [9.17, 15) is 9.50 Å². The van der Waals surface area contributed by atoms with E-state index in [1.165, 1.54) is 0 Å². The fraction of sp³-hybridized carbons (Fsp3) is 0.0909. The van der Waals surface area contributed by atoms with E-state index in [0.29, 0.717) is 5.69 Å². The summed E-state index contributed by atoms with van der Waals surface area (Å²) in [5, 5.41) is 12.2. The molecule has 88 valence electrons. The maximum atomic E-state index is 13.3. The summed E-state index contributed by atoms with van der Waals surface area (Å²) in [7, 11) is 0. The van der Waals surface area contributed by atoms with Crippen LogP contribution in [-0.4, -0.2) is 15.1 Å². The van der Waals surface area contributed by atoms with E-state index in [0.717, 1.165) is 11.8 Å². The van der Waals surface area contributed by atoms with Crippen LogP contribution in [0.1, 0.15) is 5.56 Å². The lowest BCUT2D eigenvalue weighted by atomic mass is 10.2. The molecule has 0 unspecified atom stereocenters. The van der Waals surface area contributed by atoms with Crippen LogP contribution in [0.2, 0.25) is 5.28 Å². The highest BCUT2D eigenvalue weighted by molar-refractivity contribution is 6.28. The van der Waals surface area contributed by atoms with Gasteiger partial charge in [0.25, 0.3) is 0 Å². The molecule has 0 fully saturated rings. The maximum absolute atomic E-state index is 13.3. The third-order valence-electron chi connectivity index (χ3n) is 2.12. The molecule has 0 aliphatic carbocycles. The summed E-state index contributed by atoms with van der Waals surface area (Å²) >= 11 is 5.56. The third-order valence-corrected chi connectivity index (χ3v) is 2.30. The normalized spacial score (nSPS) is 10.3. The average Bonchev–Trinajstić information content (AvgIpc) is 2.27. The number of hydrogen-bond acceptors (Lipinski definition) is 4. The zero-order valence-electron chi connectivity index (χ0n) is 8.91. The summed E-state index contributed by atoms with van der Waals surface area (Å²) < 4.78 is 13.3. The van der Waals surface area contributed by atoms with Gasteiger partial charge in [0, 0.05) is 0 Å². The van der Waals surface area contributed by atoms with Gasteiger partial charge in [-0.3, -0.25) is 0 Å². The van der Waals surface area contributed by atoms with Gasteiger partial charge in [0.2, 0.25) is 5.28 Å². The summed E-state index contributed by atoms with van der Waals surface area (Å²) in [4.78, 5) is 7.18. The first-order valence-corrected chi connectivity index (χ1v) is 5.19. The van der Waals surface area contributed by atoms with Crippen molar-refractivity contribution in [3.05, 3.63) is 41.1 Å². The Labute approximate surface area is 102 Å². The standard InChI is InChI=1S/C11H9ClFN3O/c1-6-2-3-8(9(17)4-6)15-10-7(13)5-14-11(12)16-10/h2-5,17H,1H3,(H,14,15,16). The van der Waals surface area contributed by atoms with Crippen molar-refractivity contribution in [3.8, 4) is 5.75 Å². The third kappa shape index (κ3) is 2.62. The SMILES string of the molecule is Cc1ccc(Nc2nc(Cl)ncc2F)c(O)c1. The van der Waals surface area contributed by atoms with Crippen LogP contribution in [0, 0.1) is 12.7 Å². The Morgan fingerprint density at radius 3 is 2.88 bits per heavy atom. The molecule has 0 atom stereocenters. The average molecular weight is 254 g/mol. The number of phenolic OH excluding ortho intramolecular Hbond substituents is 1. The van der Waals surface area contributed by atoms with Gasteiger partial charge < -0.3 is 10.4 Å². The molecule has 6 heteroatoms. The summed E-state index contributed by atoms with van der Waals surface area (Å²) in [6.07, 6.45) is 0.961. The molecule has 2 N–H and O–H groups in total. The number of halogens is 2. The van der Waals surface area contributed by atoms with E-state index < -0.39 is 5.82 Å². The number of aromatic nitrogens is 2. The largest absolute Gasteiger partial charge is 0.506 e. The molecule has 4 nitrogen and oxygen atoms in total. The summed E-state index contributed by atoms with van der Waals surface area (Å²) in [5.41, 5.74) is 1.25. The second-order valence-corrected chi connectivity index (χ2v) is 3.82. The number of aryl methyl sites for hydroxylation is 1. The smallest absolute Gasteiger partial charge is 0.224 e. The Balaban J connectivity index is 2.34. The Morgan fingerprint density at radius 2 is 2.18 bits per heavy atom. The van der Waals surface area contributed by atoms with Crippen LogP contribution in [0.25, 0.3) is 0 Å². The van der Waals surface area contributed by atoms with Crippen LogP contribution in [0.3, 0.4) is 0 Å². The number of hydrogen-bond donors (Lipinski definition) is 2. The van der Waals surface area contributed by atoms with Gasteiger partial charge in [0.15, 0.2) is 11.6 Å². The molecular formula is C11H9ClFN3O. The Kier molecular flexibility index (Phi) is 3.10. The van der Waals surface area contributed by atoms with Crippen molar-refractivity contribution in [3.63, 3.8) is 0 Å². The van der Waals surface area contributed by atoms with Gasteiger partial charge in [0.05, 0.1) is 11.9 Å². The molecule has 0 spiro atoms. The van der Waals surface area contributed by atoms with Crippen LogP contribution < -0.4 is 5.32 Å². The van der Waals surface area contributed by atoms with E-state index in [2.05, 4.69) is 15.3 Å². The number of rotatable bonds is 2. The lowest BCUT2D eigenvalue weighted by Crippen LogP contribution is -1.99. The molecule has 2 aromatic rings. The molecule has 1 aromatic carbocycles. The van der Waals surface area contributed by atoms with Crippen LogP contribution >= 0.6 is 11.6 Å². The fourth-order valence-electron chi connectivity index (χ4n) is 1.31. The van der Waals surface area contributed by atoms with Crippen LogP contribution in [-0.2, 0) is 0 Å². The second kappa shape index (κ2) is 4.55. The summed E-state index contributed by atoms with van der Waals surface area (Å²) in [6, 6.07) is 4.96. The summed E-state index contributed by atoms with van der Waals surface area (Å²) in [6.45, 7) is 1.84. The maximum Gasteiger partial charge on any atom is 0.224 e. The van der Waals surface area contributed by atoms with Gasteiger partial charge in [-0.25, -0.2) is 9.37 Å². The molecule has 0 aliphatic heterocycles. The molecule has 0 amide bonds. The van der Waals surface area contributed by atoms with E-state index in [1.807, 2.05) is 6.92 Å². The van der Waals surface area contributed by atoms with Crippen molar-refractivity contribution in [1.29, 1.82) is 0 Å². The van der Waals surface area contributed by atoms with Crippen LogP contribution in [0.5, 0.6) is 5.75 Å². The van der Waals surface area contributed by atoms with E-state index >= 15 is 0 Å². The van der Waals surface area contributed by atoms with Crippen molar-refractivity contribution >= 4 is 23.1 Å². The van der Waals surface area contributed by atoms with Gasteiger partial charge in [0.1, 0.15) is 5.75 Å². The summed E-state index contributed by atoms with van der Waals surface area (Å²) in [5.74, 6) is -0.710. The lowest BCUT2D eigenvalue weighted by molar-refractivity contribution is 0.477. The van der Waals surface area contributed by atoms with Crippen LogP contribution in [0.4, 0.5) is 15.9 Å². The Morgan fingerprint density at radius 1 is 1.41 bits per heavy atom. The highest BCUT2D eigenvalue weighted by Gasteiger charge is 2.08. The molecule has 0 bridgehead atoms. The fourth-order valence-corrected chi connectivity index (χ4v) is 1.44. The van der Waals surface area contributed by atoms with E-state index in [1.54, 1.807) is 18.2 Å². The molecule has 1 aromatic heterocycles. The number of phenols is 1. The number of nitrogens with zero attached hydrogens (tertiary/aromatic N) is 2. The Hall–Kier alpha value is -1.88. The van der Waals surface area contributed by atoms with Crippen molar-refractivity contribution in [2.75, 3.05) is 5.32 Å². The van der Waals surface area contributed by atoms with Gasteiger partial charge in [-0.15, -0.1) is 0 Å².